The van der Waals surface area contributed by atoms with E-state index >= 15 is 0 Å². The highest BCUT2D eigenvalue weighted by molar-refractivity contribution is 5.78. The minimum atomic E-state index is 0.00993. The Morgan fingerprint density at radius 3 is 1.02 bits per heavy atom. The van der Waals surface area contributed by atoms with Gasteiger partial charge in [-0.25, -0.2) is 0 Å². The number of aryl methyl sites for hydroxylation is 2. The summed E-state index contributed by atoms with van der Waals surface area (Å²) in [7, 11) is 0. The van der Waals surface area contributed by atoms with E-state index in [1.807, 2.05) is 0 Å². The molecule has 0 bridgehead atoms. The van der Waals surface area contributed by atoms with E-state index in [2.05, 4.69) is 181 Å². The first-order chi connectivity index (χ1) is 23.7. The fraction of sp³-hybridized carbons (Fsp3) is 0.217. The van der Waals surface area contributed by atoms with Crippen LogP contribution < -0.4 is 9.80 Å². The summed E-state index contributed by atoms with van der Waals surface area (Å²) < 4.78 is 0. The van der Waals surface area contributed by atoms with Crippen LogP contribution >= 0.6 is 0 Å². The molecule has 1 saturated carbocycles. The molecule has 0 unspecified atom stereocenters. The van der Waals surface area contributed by atoms with Crippen LogP contribution in [0.3, 0.4) is 0 Å². The molecule has 48 heavy (non-hydrogen) atoms. The molecule has 2 nitrogen and oxygen atoms in total. The predicted molar refractivity (Wildman–Crippen MR) is 205 cm³/mol. The van der Waals surface area contributed by atoms with Crippen molar-refractivity contribution >= 4 is 34.1 Å². The molecule has 0 N–H and O–H groups in total. The molecule has 0 heterocycles. The summed E-state index contributed by atoms with van der Waals surface area (Å²) in [5.41, 5.74) is 12.6. The Morgan fingerprint density at radius 1 is 0.375 bits per heavy atom. The van der Waals surface area contributed by atoms with Gasteiger partial charge in [0, 0.05) is 39.5 Å². The zero-order valence-corrected chi connectivity index (χ0v) is 28.4. The number of para-hydroxylation sites is 2. The fourth-order valence-electron chi connectivity index (χ4n) is 7.57. The second kappa shape index (κ2) is 14.4. The Labute approximate surface area is 287 Å². The summed E-state index contributed by atoms with van der Waals surface area (Å²) in [6, 6.07) is 58.4. The van der Waals surface area contributed by atoms with Gasteiger partial charge in [0.2, 0.25) is 0 Å². The first-order valence-corrected chi connectivity index (χ1v) is 17.8. The molecule has 240 valence electrons. The van der Waals surface area contributed by atoms with Crippen LogP contribution in [0.2, 0.25) is 0 Å². The van der Waals surface area contributed by atoms with E-state index < -0.39 is 0 Å². The Bertz CT molecular complexity index is 1730. The molecule has 0 aromatic heterocycles. The van der Waals surface area contributed by atoms with Crippen molar-refractivity contribution in [3.8, 4) is 0 Å². The maximum atomic E-state index is 2.40. The number of rotatable bonds is 10. The highest BCUT2D eigenvalue weighted by Crippen LogP contribution is 2.47. The van der Waals surface area contributed by atoms with Gasteiger partial charge in [0.05, 0.1) is 0 Å². The second-order valence-corrected chi connectivity index (χ2v) is 13.1. The first kappa shape index (κ1) is 31.5. The average molecular weight is 627 g/mol. The van der Waals surface area contributed by atoms with Crippen LogP contribution in [0.25, 0.3) is 0 Å². The molecule has 7 rings (SSSR count). The van der Waals surface area contributed by atoms with Crippen LogP contribution in [-0.4, -0.2) is 0 Å². The standard InChI is InChI=1S/C46H46N2/c1-3-36-18-26-42(27-19-36)47(40-14-8-5-9-15-40)44-30-22-38(23-31-44)46(34-12-7-13-35-46)39-24-32-45(33-25-39)48(41-16-10-6-11-17-41)43-28-20-37(4-2)21-29-43/h5-6,8-11,14-33H,3-4,7,12-13,34-35H2,1-2H3. The molecule has 1 aliphatic rings. The van der Waals surface area contributed by atoms with E-state index in [9.17, 15) is 0 Å². The summed E-state index contributed by atoms with van der Waals surface area (Å²) >= 11 is 0. The molecule has 0 radical (unpaired) electrons. The van der Waals surface area contributed by atoms with E-state index in [1.165, 1.54) is 88.5 Å². The summed E-state index contributed by atoms with van der Waals surface area (Å²) in [6.07, 6.45) is 8.25. The van der Waals surface area contributed by atoms with Crippen molar-refractivity contribution in [2.75, 3.05) is 9.80 Å². The SMILES string of the molecule is CCc1ccc(N(c2ccccc2)c2ccc(C3(c4ccc(N(c5ccccc5)c5ccc(CC)cc5)cc4)CCCCC3)cc2)cc1. The van der Waals surface area contributed by atoms with Gasteiger partial charge in [0.15, 0.2) is 0 Å². The zero-order chi connectivity index (χ0) is 32.8. The molecule has 2 heteroatoms. The molecule has 1 fully saturated rings. The normalized spacial score (nSPS) is 14.0. The maximum Gasteiger partial charge on any atom is 0.0461 e. The van der Waals surface area contributed by atoms with Gasteiger partial charge in [0.1, 0.15) is 0 Å². The molecule has 0 atom stereocenters. The third-order valence-corrected chi connectivity index (χ3v) is 10.3. The lowest BCUT2D eigenvalue weighted by Crippen LogP contribution is -2.30. The van der Waals surface area contributed by atoms with Crippen LogP contribution in [0.5, 0.6) is 0 Å². The first-order valence-electron chi connectivity index (χ1n) is 17.8. The summed E-state index contributed by atoms with van der Waals surface area (Å²) in [4.78, 5) is 4.74. The Balaban J connectivity index is 1.24. The Hall–Kier alpha value is -5.08. The van der Waals surface area contributed by atoms with E-state index in [1.54, 1.807) is 0 Å². The second-order valence-electron chi connectivity index (χ2n) is 13.1. The van der Waals surface area contributed by atoms with Crippen molar-refractivity contribution in [1.82, 2.24) is 0 Å². The Kier molecular flexibility index (Phi) is 9.43. The van der Waals surface area contributed by atoms with Crippen molar-refractivity contribution in [1.29, 1.82) is 0 Å². The lowest BCUT2D eigenvalue weighted by molar-refractivity contribution is 0.346. The van der Waals surface area contributed by atoms with Crippen LogP contribution in [0.15, 0.2) is 158 Å². The molecular weight excluding hydrogens is 581 g/mol. The number of hydrogen-bond acceptors (Lipinski definition) is 2. The molecule has 0 saturated heterocycles. The quantitative estimate of drug-likeness (QED) is 0.149. The van der Waals surface area contributed by atoms with Gasteiger partial charge in [-0.3, -0.25) is 0 Å². The van der Waals surface area contributed by atoms with Crippen molar-refractivity contribution < 1.29 is 0 Å². The Morgan fingerprint density at radius 2 is 0.688 bits per heavy atom. The topological polar surface area (TPSA) is 6.48 Å². The number of anilines is 6. The van der Waals surface area contributed by atoms with E-state index in [4.69, 9.17) is 0 Å². The molecule has 0 spiro atoms. The van der Waals surface area contributed by atoms with Crippen molar-refractivity contribution in [2.45, 2.75) is 64.2 Å². The largest absolute Gasteiger partial charge is 0.311 e. The predicted octanol–water partition coefficient (Wildman–Crippen LogP) is 13.0. The summed E-state index contributed by atoms with van der Waals surface area (Å²) in [5, 5.41) is 0. The van der Waals surface area contributed by atoms with Gasteiger partial charge in [0.25, 0.3) is 0 Å². The van der Waals surface area contributed by atoms with Crippen molar-refractivity contribution in [2.24, 2.45) is 0 Å². The molecule has 0 amide bonds. The smallest absolute Gasteiger partial charge is 0.0461 e. The van der Waals surface area contributed by atoms with Gasteiger partial charge in [-0.1, -0.05) is 118 Å². The van der Waals surface area contributed by atoms with Crippen LogP contribution in [0.4, 0.5) is 34.1 Å². The maximum absolute atomic E-state index is 2.40. The zero-order valence-electron chi connectivity index (χ0n) is 28.4. The van der Waals surface area contributed by atoms with Gasteiger partial charge in [-0.15, -0.1) is 0 Å². The number of hydrogen-bond donors (Lipinski definition) is 0. The summed E-state index contributed by atoms with van der Waals surface area (Å²) in [6.45, 7) is 4.42. The molecule has 6 aromatic carbocycles. The lowest BCUT2D eigenvalue weighted by atomic mass is 9.65. The fourth-order valence-corrected chi connectivity index (χ4v) is 7.57. The number of nitrogens with zero attached hydrogens (tertiary/aromatic N) is 2. The van der Waals surface area contributed by atoms with Gasteiger partial charge in [-0.05, 0) is 121 Å². The van der Waals surface area contributed by atoms with Gasteiger partial charge < -0.3 is 9.80 Å². The monoisotopic (exact) mass is 626 g/mol. The highest BCUT2D eigenvalue weighted by Gasteiger charge is 2.36. The lowest BCUT2D eigenvalue weighted by Gasteiger charge is -2.39. The summed E-state index contributed by atoms with van der Waals surface area (Å²) in [5.74, 6) is 0. The molecule has 6 aromatic rings. The van der Waals surface area contributed by atoms with Crippen LogP contribution in [-0.2, 0) is 18.3 Å². The highest BCUT2D eigenvalue weighted by atomic mass is 15.1. The minimum Gasteiger partial charge on any atom is -0.311 e. The molecule has 0 aliphatic heterocycles. The van der Waals surface area contributed by atoms with Crippen LogP contribution in [0, 0.1) is 0 Å². The van der Waals surface area contributed by atoms with Gasteiger partial charge in [-0.2, -0.15) is 0 Å². The van der Waals surface area contributed by atoms with E-state index in [-0.39, 0.29) is 5.41 Å². The van der Waals surface area contributed by atoms with Crippen LogP contribution in [0.1, 0.15) is 68.2 Å². The van der Waals surface area contributed by atoms with Crippen molar-refractivity contribution in [3.63, 3.8) is 0 Å². The third kappa shape index (κ3) is 6.40. The van der Waals surface area contributed by atoms with Gasteiger partial charge >= 0.3 is 0 Å². The average Bonchev–Trinajstić information content (AvgIpc) is 3.17. The number of benzene rings is 6. The molecular formula is C46H46N2. The third-order valence-electron chi connectivity index (χ3n) is 10.3. The van der Waals surface area contributed by atoms with E-state index in [0.717, 1.165) is 12.8 Å². The molecule has 1 aliphatic carbocycles. The van der Waals surface area contributed by atoms with Crippen molar-refractivity contribution in [3.05, 3.63) is 180 Å². The van der Waals surface area contributed by atoms with E-state index in [0.29, 0.717) is 0 Å². The minimum absolute atomic E-state index is 0.00993.